The minimum absolute atomic E-state index is 0.524. The lowest BCUT2D eigenvalue weighted by molar-refractivity contribution is 0.216. The lowest BCUT2D eigenvalue weighted by Gasteiger charge is -2.42. The van der Waals surface area contributed by atoms with Crippen molar-refractivity contribution in [1.82, 2.24) is 4.90 Å². The van der Waals surface area contributed by atoms with Crippen LogP contribution in [-0.2, 0) is 0 Å². The zero-order valence-electron chi connectivity index (χ0n) is 13.9. The molecule has 0 aromatic rings. The van der Waals surface area contributed by atoms with Crippen LogP contribution in [0.1, 0.15) is 67.2 Å². The molecule has 0 aromatic heterocycles. The third-order valence-electron chi connectivity index (χ3n) is 5.41. The van der Waals surface area contributed by atoms with E-state index < -0.39 is 0 Å². The molecule has 0 N–H and O–H groups in total. The summed E-state index contributed by atoms with van der Waals surface area (Å²) in [5.41, 5.74) is 4.17. The maximum atomic E-state index is 2.70. The van der Waals surface area contributed by atoms with Gasteiger partial charge < -0.3 is 4.90 Å². The van der Waals surface area contributed by atoms with Gasteiger partial charge in [-0.15, -0.1) is 0 Å². The van der Waals surface area contributed by atoms with E-state index in [9.17, 15) is 0 Å². The fourth-order valence-corrected chi connectivity index (χ4v) is 4.58. The summed E-state index contributed by atoms with van der Waals surface area (Å²) in [7, 11) is 0. The van der Waals surface area contributed by atoms with Crippen molar-refractivity contribution < 1.29 is 0 Å². The van der Waals surface area contributed by atoms with Gasteiger partial charge >= 0.3 is 0 Å². The summed E-state index contributed by atoms with van der Waals surface area (Å²) < 4.78 is 0. The van der Waals surface area contributed by atoms with E-state index in [4.69, 9.17) is 0 Å². The molecule has 0 bridgehead atoms. The van der Waals surface area contributed by atoms with Gasteiger partial charge in [-0.25, -0.2) is 0 Å². The predicted molar refractivity (Wildman–Crippen MR) is 84.3 cm³/mol. The van der Waals surface area contributed by atoms with Gasteiger partial charge in [0.1, 0.15) is 0 Å². The molecule has 1 nitrogen and oxygen atoms in total. The van der Waals surface area contributed by atoms with E-state index in [1.807, 2.05) is 5.57 Å². The Morgan fingerprint density at radius 3 is 2.11 bits per heavy atom. The zero-order valence-corrected chi connectivity index (χ0v) is 13.9. The minimum Gasteiger partial charge on any atom is -0.300 e. The Morgan fingerprint density at radius 1 is 0.947 bits per heavy atom. The second-order valence-corrected chi connectivity index (χ2v) is 7.70. The van der Waals surface area contributed by atoms with Gasteiger partial charge in [0.05, 0.1) is 0 Å². The third kappa shape index (κ3) is 2.77. The molecule has 1 fully saturated rings. The molecule has 1 aliphatic heterocycles. The molecule has 2 rings (SSSR count). The van der Waals surface area contributed by atoms with Crippen molar-refractivity contribution in [3.8, 4) is 0 Å². The molecule has 110 valence electrons. The van der Waals surface area contributed by atoms with Crippen LogP contribution >= 0.6 is 0 Å². The molecule has 1 aliphatic carbocycles. The van der Waals surface area contributed by atoms with Crippen LogP contribution in [0, 0.1) is 17.3 Å². The second kappa shape index (κ2) is 5.60. The summed E-state index contributed by atoms with van der Waals surface area (Å²) in [6.07, 6.45) is 5.60. The molecule has 1 atom stereocenters. The lowest BCUT2D eigenvalue weighted by Crippen LogP contribution is -2.36. The summed E-state index contributed by atoms with van der Waals surface area (Å²) in [4.78, 5) is 2.70. The first kappa shape index (κ1) is 15.1. The Bertz CT molecular complexity index is 351. The quantitative estimate of drug-likeness (QED) is 0.656. The lowest BCUT2D eigenvalue weighted by atomic mass is 9.64. The highest BCUT2D eigenvalue weighted by Crippen LogP contribution is 2.51. The topological polar surface area (TPSA) is 3.24 Å². The molecule has 19 heavy (non-hydrogen) atoms. The van der Waals surface area contributed by atoms with Gasteiger partial charge in [0, 0.05) is 18.0 Å². The van der Waals surface area contributed by atoms with Gasteiger partial charge in [0.2, 0.25) is 0 Å². The molecular weight excluding hydrogens is 230 g/mol. The van der Waals surface area contributed by atoms with Crippen molar-refractivity contribution in [1.29, 1.82) is 0 Å². The molecule has 2 aliphatic rings. The van der Waals surface area contributed by atoms with Crippen LogP contribution in [0.5, 0.6) is 0 Å². The first-order valence-electron chi connectivity index (χ1n) is 8.35. The largest absolute Gasteiger partial charge is 0.300 e. The average molecular weight is 263 g/mol. The molecule has 1 heterocycles. The van der Waals surface area contributed by atoms with Gasteiger partial charge in [0.15, 0.2) is 0 Å². The summed E-state index contributed by atoms with van der Waals surface area (Å²) >= 11 is 0. The highest BCUT2D eigenvalue weighted by atomic mass is 15.2. The van der Waals surface area contributed by atoms with Crippen molar-refractivity contribution in [3.05, 3.63) is 11.1 Å². The maximum Gasteiger partial charge on any atom is 0.00788 e. The summed E-state index contributed by atoms with van der Waals surface area (Å²) in [5, 5.41) is 0. The van der Waals surface area contributed by atoms with Gasteiger partial charge in [-0.2, -0.15) is 0 Å². The Hall–Kier alpha value is -0.300. The van der Waals surface area contributed by atoms with Gasteiger partial charge in [0.25, 0.3) is 0 Å². The van der Waals surface area contributed by atoms with Crippen molar-refractivity contribution in [2.45, 2.75) is 73.3 Å². The number of likely N-dealkylation sites (tertiary alicyclic amines) is 1. The first-order valence-corrected chi connectivity index (χ1v) is 8.35. The Labute approximate surface area is 120 Å². The number of nitrogens with zero attached hydrogens (tertiary/aromatic N) is 1. The Balaban J connectivity index is 2.36. The highest BCUT2D eigenvalue weighted by molar-refractivity contribution is 5.30. The monoisotopic (exact) mass is 263 g/mol. The minimum atomic E-state index is 0.524. The van der Waals surface area contributed by atoms with E-state index in [2.05, 4.69) is 46.4 Å². The fraction of sp³-hybridized carbons (Fsp3) is 0.889. The van der Waals surface area contributed by atoms with E-state index in [0.717, 1.165) is 11.8 Å². The molecule has 0 radical (unpaired) electrons. The standard InChI is InChI=1S/C18H33N/c1-13(2)16-8-7-9-18(17(16)14(3)4)10-11-19(12-18)15(5)6/h13-15H,7-12H2,1-6H3. The first-order chi connectivity index (χ1) is 8.87. The fourth-order valence-electron chi connectivity index (χ4n) is 4.58. The van der Waals surface area contributed by atoms with E-state index in [0.29, 0.717) is 11.5 Å². The van der Waals surface area contributed by atoms with Crippen LogP contribution in [0.25, 0.3) is 0 Å². The van der Waals surface area contributed by atoms with Gasteiger partial charge in [-0.1, -0.05) is 38.8 Å². The van der Waals surface area contributed by atoms with E-state index in [1.165, 1.54) is 38.8 Å². The van der Waals surface area contributed by atoms with Crippen LogP contribution in [0.4, 0.5) is 0 Å². The van der Waals surface area contributed by atoms with Crippen LogP contribution in [0.15, 0.2) is 11.1 Å². The van der Waals surface area contributed by atoms with Crippen molar-refractivity contribution >= 4 is 0 Å². The molecule has 1 saturated heterocycles. The van der Waals surface area contributed by atoms with Crippen molar-refractivity contribution in [2.24, 2.45) is 17.3 Å². The molecule has 1 heteroatoms. The highest BCUT2D eigenvalue weighted by Gasteiger charge is 2.45. The number of hydrogen-bond acceptors (Lipinski definition) is 1. The normalized spacial score (nSPS) is 29.5. The number of rotatable bonds is 3. The third-order valence-corrected chi connectivity index (χ3v) is 5.41. The van der Waals surface area contributed by atoms with Crippen LogP contribution < -0.4 is 0 Å². The summed E-state index contributed by atoms with van der Waals surface area (Å²) in [5.74, 6) is 1.47. The van der Waals surface area contributed by atoms with Crippen LogP contribution in [0.2, 0.25) is 0 Å². The number of allylic oxidation sites excluding steroid dienone is 1. The molecule has 1 spiro atoms. The predicted octanol–water partition coefficient (Wildman–Crippen LogP) is 4.88. The SMILES string of the molecule is CC(C)C1=C(C(C)C)C2(CCC1)CCN(C(C)C)C2. The van der Waals surface area contributed by atoms with Gasteiger partial charge in [-0.05, 0) is 57.9 Å². The molecule has 0 aromatic carbocycles. The van der Waals surface area contributed by atoms with Crippen LogP contribution in [0.3, 0.4) is 0 Å². The summed E-state index contributed by atoms with van der Waals surface area (Å²) in [6, 6.07) is 0.706. The smallest absolute Gasteiger partial charge is 0.00788 e. The number of hydrogen-bond donors (Lipinski definition) is 0. The summed E-state index contributed by atoms with van der Waals surface area (Å²) in [6.45, 7) is 16.9. The molecule has 0 saturated carbocycles. The Kier molecular flexibility index (Phi) is 4.45. The van der Waals surface area contributed by atoms with E-state index in [1.54, 1.807) is 5.57 Å². The van der Waals surface area contributed by atoms with Crippen molar-refractivity contribution in [2.75, 3.05) is 13.1 Å². The van der Waals surface area contributed by atoms with E-state index >= 15 is 0 Å². The van der Waals surface area contributed by atoms with Crippen molar-refractivity contribution in [3.63, 3.8) is 0 Å². The van der Waals surface area contributed by atoms with Crippen LogP contribution in [-0.4, -0.2) is 24.0 Å². The van der Waals surface area contributed by atoms with Gasteiger partial charge in [-0.3, -0.25) is 0 Å². The van der Waals surface area contributed by atoms with E-state index in [-0.39, 0.29) is 0 Å². The molecular formula is C18H33N. The average Bonchev–Trinajstić information content (AvgIpc) is 2.73. The second-order valence-electron chi connectivity index (χ2n) is 7.70. The molecule has 1 unspecified atom stereocenters. The maximum absolute atomic E-state index is 2.70. The molecule has 0 amide bonds. The zero-order chi connectivity index (χ0) is 14.2. The Morgan fingerprint density at radius 2 is 1.63 bits per heavy atom.